The molecule has 0 saturated heterocycles. The first kappa shape index (κ1) is 14.3. The van der Waals surface area contributed by atoms with Crippen LogP contribution in [0.25, 0.3) is 0 Å². The highest BCUT2D eigenvalue weighted by Crippen LogP contribution is 2.30. The number of rotatable bonds is 4. The zero-order valence-electron chi connectivity index (χ0n) is 9.84. The summed E-state index contributed by atoms with van der Waals surface area (Å²) in [5, 5.41) is 3.25. The van der Waals surface area contributed by atoms with E-state index in [1.165, 1.54) is 12.1 Å². The van der Waals surface area contributed by atoms with Crippen LogP contribution in [-0.4, -0.2) is 6.54 Å². The smallest absolute Gasteiger partial charge is 0.290 e. The molecule has 100 valence electrons. The van der Waals surface area contributed by atoms with Gasteiger partial charge in [0.2, 0.25) is 0 Å². The van der Waals surface area contributed by atoms with E-state index in [0.29, 0.717) is 15.2 Å². The van der Waals surface area contributed by atoms with Gasteiger partial charge in [0.15, 0.2) is 0 Å². The van der Waals surface area contributed by atoms with Crippen LogP contribution in [0.1, 0.15) is 5.56 Å². The Hall–Kier alpha value is -1.13. The lowest BCUT2D eigenvalue weighted by atomic mass is 10.1. The van der Waals surface area contributed by atoms with Crippen molar-refractivity contribution < 1.29 is 8.78 Å². The van der Waals surface area contributed by atoms with E-state index in [9.17, 15) is 8.78 Å². The quantitative estimate of drug-likeness (QED) is 0.791. The molecule has 2 rings (SSSR count). The van der Waals surface area contributed by atoms with E-state index >= 15 is 0 Å². The van der Waals surface area contributed by atoms with Crippen LogP contribution in [0.4, 0.5) is 14.5 Å². The summed E-state index contributed by atoms with van der Waals surface area (Å²) in [7, 11) is 0. The Morgan fingerprint density at radius 3 is 2.42 bits per heavy atom. The summed E-state index contributed by atoms with van der Waals surface area (Å²) < 4.78 is 28.5. The molecule has 0 fully saturated rings. The van der Waals surface area contributed by atoms with Gasteiger partial charge >= 0.3 is 0 Å². The lowest BCUT2D eigenvalue weighted by Crippen LogP contribution is -2.24. The van der Waals surface area contributed by atoms with Crippen molar-refractivity contribution in [3.63, 3.8) is 0 Å². The molecule has 2 aromatic carbocycles. The van der Waals surface area contributed by atoms with Gasteiger partial charge in [-0.05, 0) is 34.1 Å². The van der Waals surface area contributed by atoms with Gasteiger partial charge in [-0.25, -0.2) is 0 Å². The van der Waals surface area contributed by atoms with E-state index in [4.69, 9.17) is 11.6 Å². The van der Waals surface area contributed by atoms with Crippen LogP contribution in [-0.2, 0) is 5.92 Å². The van der Waals surface area contributed by atoms with Crippen LogP contribution in [0.2, 0.25) is 5.02 Å². The van der Waals surface area contributed by atoms with E-state index in [-0.39, 0.29) is 5.56 Å². The highest BCUT2D eigenvalue weighted by atomic mass is 79.9. The predicted molar refractivity (Wildman–Crippen MR) is 78.0 cm³/mol. The molecule has 0 aliphatic carbocycles. The molecule has 0 radical (unpaired) electrons. The molecule has 19 heavy (non-hydrogen) atoms. The average molecular weight is 347 g/mol. The van der Waals surface area contributed by atoms with Crippen molar-refractivity contribution in [2.75, 3.05) is 11.9 Å². The van der Waals surface area contributed by atoms with Crippen molar-refractivity contribution in [1.29, 1.82) is 0 Å². The van der Waals surface area contributed by atoms with Gasteiger partial charge in [-0.1, -0.05) is 41.9 Å². The van der Waals surface area contributed by atoms with E-state index < -0.39 is 12.5 Å². The Morgan fingerprint density at radius 1 is 1.11 bits per heavy atom. The number of halogens is 4. The summed E-state index contributed by atoms with van der Waals surface area (Å²) in [6.07, 6.45) is 0. The van der Waals surface area contributed by atoms with Crippen LogP contribution < -0.4 is 5.32 Å². The molecule has 0 unspecified atom stereocenters. The predicted octanol–water partition coefficient (Wildman–Crippen LogP) is 5.31. The van der Waals surface area contributed by atoms with Gasteiger partial charge in [0.05, 0.1) is 11.6 Å². The highest BCUT2D eigenvalue weighted by Gasteiger charge is 2.30. The fourth-order valence-electron chi connectivity index (χ4n) is 1.60. The molecule has 0 spiro atoms. The third kappa shape index (κ3) is 3.67. The molecule has 0 atom stereocenters. The van der Waals surface area contributed by atoms with Gasteiger partial charge in [-0.15, -0.1) is 0 Å². The summed E-state index contributed by atoms with van der Waals surface area (Å²) in [4.78, 5) is 0. The van der Waals surface area contributed by atoms with Gasteiger partial charge in [0.1, 0.15) is 0 Å². The Bertz CT molecular complexity index is 561. The summed E-state index contributed by atoms with van der Waals surface area (Å²) in [5.41, 5.74) is 0.586. The van der Waals surface area contributed by atoms with Gasteiger partial charge in [-0.3, -0.25) is 0 Å². The summed E-state index contributed by atoms with van der Waals surface area (Å²) in [6.45, 7) is -0.467. The second kappa shape index (κ2) is 5.88. The van der Waals surface area contributed by atoms with Crippen LogP contribution in [0, 0.1) is 0 Å². The van der Waals surface area contributed by atoms with Crippen molar-refractivity contribution in [3.05, 3.63) is 63.6 Å². The first-order chi connectivity index (χ1) is 8.99. The largest absolute Gasteiger partial charge is 0.379 e. The Morgan fingerprint density at radius 2 is 1.79 bits per heavy atom. The fraction of sp³-hybridized carbons (Fsp3) is 0.143. The van der Waals surface area contributed by atoms with Gasteiger partial charge < -0.3 is 5.32 Å². The third-order valence-corrected chi connectivity index (χ3v) is 3.84. The second-order valence-electron chi connectivity index (χ2n) is 4.05. The van der Waals surface area contributed by atoms with Crippen molar-refractivity contribution >= 4 is 33.2 Å². The van der Waals surface area contributed by atoms with Crippen molar-refractivity contribution in [1.82, 2.24) is 0 Å². The zero-order chi connectivity index (χ0) is 13.9. The number of benzene rings is 2. The second-order valence-corrected chi connectivity index (χ2v) is 5.31. The minimum absolute atomic E-state index is 0.00414. The zero-order valence-corrected chi connectivity index (χ0v) is 12.2. The lowest BCUT2D eigenvalue weighted by Gasteiger charge is -2.18. The van der Waals surface area contributed by atoms with Gasteiger partial charge in [-0.2, -0.15) is 8.78 Å². The molecule has 0 amide bonds. The first-order valence-electron chi connectivity index (χ1n) is 5.61. The fourth-order valence-corrected chi connectivity index (χ4v) is 2.10. The Labute approximate surface area is 123 Å². The van der Waals surface area contributed by atoms with Gasteiger partial charge in [0, 0.05) is 15.7 Å². The van der Waals surface area contributed by atoms with Crippen molar-refractivity contribution in [2.45, 2.75) is 5.92 Å². The number of nitrogens with one attached hydrogen (secondary N) is 1. The first-order valence-corrected chi connectivity index (χ1v) is 6.78. The minimum atomic E-state index is -2.92. The van der Waals surface area contributed by atoms with Crippen LogP contribution >= 0.6 is 27.5 Å². The van der Waals surface area contributed by atoms with Crippen LogP contribution in [0.15, 0.2) is 53.0 Å². The number of alkyl halides is 2. The normalized spacial score (nSPS) is 11.4. The maximum Gasteiger partial charge on any atom is 0.290 e. The molecule has 1 N–H and O–H groups in total. The van der Waals surface area contributed by atoms with E-state index in [0.717, 1.165) is 0 Å². The maximum absolute atomic E-state index is 13.9. The standard InChI is InChI=1S/C14H11BrClF2N/c15-12-8-11(6-7-13(12)16)19-9-14(17,18)10-4-2-1-3-5-10/h1-8,19H,9H2. The average Bonchev–Trinajstić information content (AvgIpc) is 2.41. The van der Waals surface area contributed by atoms with Gasteiger partial charge in [0.25, 0.3) is 5.92 Å². The van der Waals surface area contributed by atoms with Crippen LogP contribution in [0.3, 0.4) is 0 Å². The number of anilines is 1. The Balaban J connectivity index is 2.07. The van der Waals surface area contributed by atoms with E-state index in [2.05, 4.69) is 21.2 Å². The third-order valence-electron chi connectivity index (χ3n) is 2.63. The number of hydrogen-bond donors (Lipinski definition) is 1. The number of hydrogen-bond acceptors (Lipinski definition) is 1. The molecule has 0 bridgehead atoms. The molecule has 0 saturated carbocycles. The molecule has 2 aromatic rings. The molecule has 1 nitrogen and oxygen atoms in total. The van der Waals surface area contributed by atoms with Crippen molar-refractivity contribution in [2.24, 2.45) is 0 Å². The molecule has 0 heterocycles. The van der Waals surface area contributed by atoms with Crippen LogP contribution in [0.5, 0.6) is 0 Å². The lowest BCUT2D eigenvalue weighted by molar-refractivity contribution is 0.0106. The monoisotopic (exact) mass is 345 g/mol. The van der Waals surface area contributed by atoms with E-state index in [1.54, 1.807) is 36.4 Å². The topological polar surface area (TPSA) is 12.0 Å². The van der Waals surface area contributed by atoms with Crippen molar-refractivity contribution in [3.8, 4) is 0 Å². The summed E-state index contributed by atoms with van der Waals surface area (Å²) in [6, 6.07) is 12.7. The molecule has 0 aliphatic heterocycles. The highest BCUT2D eigenvalue weighted by molar-refractivity contribution is 9.10. The minimum Gasteiger partial charge on any atom is -0.379 e. The summed E-state index contributed by atoms with van der Waals surface area (Å²) in [5.74, 6) is -2.92. The van der Waals surface area contributed by atoms with E-state index in [1.807, 2.05) is 0 Å². The molecule has 5 heteroatoms. The maximum atomic E-state index is 13.9. The molecule has 0 aliphatic rings. The molecule has 0 aromatic heterocycles. The molecular weight excluding hydrogens is 336 g/mol. The molecular formula is C14H11BrClF2N. The Kier molecular flexibility index (Phi) is 4.42. The summed E-state index contributed by atoms with van der Waals surface area (Å²) >= 11 is 9.10. The SMILES string of the molecule is FC(F)(CNc1ccc(Cl)c(Br)c1)c1ccccc1.